The zero-order valence-corrected chi connectivity index (χ0v) is 17.7. The first-order valence-electron chi connectivity index (χ1n) is 10.8. The minimum Gasteiger partial charge on any atom is -0.493 e. The summed E-state index contributed by atoms with van der Waals surface area (Å²) in [5, 5.41) is 5.40. The summed E-state index contributed by atoms with van der Waals surface area (Å²) < 4.78 is 12.7. The molecule has 2 aromatic heterocycles. The number of carbonyl (C=O) groups is 1. The third kappa shape index (κ3) is 3.83. The van der Waals surface area contributed by atoms with Gasteiger partial charge in [0.2, 0.25) is 0 Å². The number of nitrogens with zero attached hydrogens (tertiary/aromatic N) is 4. The molecule has 1 saturated heterocycles. The lowest BCUT2D eigenvalue weighted by Gasteiger charge is -2.34. The molecular weight excluding hydrogens is 396 g/mol. The maximum atomic E-state index is 12.9. The fraction of sp³-hybridized carbons (Fsp3) is 0.435. The number of hydrogen-bond donors (Lipinski definition) is 0. The monoisotopic (exact) mass is 422 g/mol. The van der Waals surface area contributed by atoms with Crippen molar-refractivity contribution in [3.05, 3.63) is 57.7 Å². The highest BCUT2D eigenvalue weighted by atomic mass is 16.5. The van der Waals surface area contributed by atoms with Crippen LogP contribution in [0.15, 0.2) is 39.5 Å². The molecule has 0 radical (unpaired) electrons. The van der Waals surface area contributed by atoms with Gasteiger partial charge in [0.05, 0.1) is 19.3 Å². The average molecular weight is 422 g/mol. The SMILES string of the molecule is COc1cccc2cc(C(=O)N3CCN(CCn4nc5c(cc4=O)CCC5)CC3)oc12. The average Bonchev–Trinajstić information content (AvgIpc) is 3.43. The summed E-state index contributed by atoms with van der Waals surface area (Å²) in [6, 6.07) is 9.13. The fourth-order valence-corrected chi connectivity index (χ4v) is 4.47. The first-order chi connectivity index (χ1) is 15.1. The molecule has 3 aromatic rings. The first-order valence-corrected chi connectivity index (χ1v) is 10.8. The lowest BCUT2D eigenvalue weighted by molar-refractivity contribution is 0.0603. The molecule has 0 spiro atoms. The zero-order chi connectivity index (χ0) is 21.4. The van der Waals surface area contributed by atoms with Crippen LogP contribution < -0.4 is 10.3 Å². The van der Waals surface area contributed by atoms with Gasteiger partial charge in [0.1, 0.15) is 0 Å². The van der Waals surface area contributed by atoms with Gasteiger partial charge in [-0.2, -0.15) is 5.10 Å². The van der Waals surface area contributed by atoms with E-state index in [0.717, 1.165) is 55.5 Å². The number of piperazine rings is 1. The van der Waals surface area contributed by atoms with Gasteiger partial charge in [0.15, 0.2) is 17.1 Å². The Morgan fingerprint density at radius 1 is 1.13 bits per heavy atom. The predicted molar refractivity (Wildman–Crippen MR) is 116 cm³/mol. The summed E-state index contributed by atoms with van der Waals surface area (Å²) in [4.78, 5) is 29.3. The van der Waals surface area contributed by atoms with E-state index in [1.54, 1.807) is 23.9 Å². The minimum atomic E-state index is -0.102. The first kappa shape index (κ1) is 19.8. The highest BCUT2D eigenvalue weighted by Gasteiger charge is 2.25. The molecule has 8 nitrogen and oxygen atoms in total. The van der Waals surface area contributed by atoms with Crippen molar-refractivity contribution in [1.29, 1.82) is 0 Å². The zero-order valence-electron chi connectivity index (χ0n) is 17.7. The second-order valence-corrected chi connectivity index (χ2v) is 8.15. The van der Waals surface area contributed by atoms with E-state index in [9.17, 15) is 9.59 Å². The van der Waals surface area contributed by atoms with E-state index in [1.807, 2.05) is 23.1 Å². The molecule has 0 saturated carbocycles. The maximum absolute atomic E-state index is 12.9. The van der Waals surface area contributed by atoms with E-state index >= 15 is 0 Å². The molecule has 1 aromatic carbocycles. The van der Waals surface area contributed by atoms with Crippen molar-refractivity contribution in [3.63, 3.8) is 0 Å². The lowest BCUT2D eigenvalue weighted by Crippen LogP contribution is -2.49. The summed E-state index contributed by atoms with van der Waals surface area (Å²) in [6.07, 6.45) is 3.01. The van der Waals surface area contributed by atoms with Crippen LogP contribution in [0.5, 0.6) is 5.75 Å². The van der Waals surface area contributed by atoms with E-state index in [1.165, 1.54) is 0 Å². The van der Waals surface area contributed by atoms with Crippen LogP contribution in [0.4, 0.5) is 0 Å². The second kappa shape index (κ2) is 8.19. The van der Waals surface area contributed by atoms with Gasteiger partial charge in [-0.3, -0.25) is 14.5 Å². The van der Waals surface area contributed by atoms with Gasteiger partial charge in [0.25, 0.3) is 11.5 Å². The van der Waals surface area contributed by atoms with Crippen molar-refractivity contribution in [2.45, 2.75) is 25.8 Å². The highest BCUT2D eigenvalue weighted by Crippen LogP contribution is 2.29. The largest absolute Gasteiger partial charge is 0.493 e. The van der Waals surface area contributed by atoms with Crippen LogP contribution >= 0.6 is 0 Å². The summed E-state index contributed by atoms with van der Waals surface area (Å²) >= 11 is 0. The maximum Gasteiger partial charge on any atom is 0.289 e. The Balaban J connectivity index is 1.19. The molecule has 5 rings (SSSR count). The minimum absolute atomic E-state index is 0.0187. The Hall–Kier alpha value is -3.13. The van der Waals surface area contributed by atoms with Crippen molar-refractivity contribution < 1.29 is 13.9 Å². The van der Waals surface area contributed by atoms with Crippen molar-refractivity contribution in [3.8, 4) is 5.75 Å². The van der Waals surface area contributed by atoms with Crippen LogP contribution in [0.2, 0.25) is 0 Å². The van der Waals surface area contributed by atoms with Crippen LogP contribution in [0, 0.1) is 0 Å². The third-order valence-electron chi connectivity index (χ3n) is 6.25. The number of carbonyl (C=O) groups excluding carboxylic acids is 1. The molecule has 0 bridgehead atoms. The molecule has 0 atom stereocenters. The number of furan rings is 1. The van der Waals surface area contributed by atoms with E-state index in [-0.39, 0.29) is 11.5 Å². The Morgan fingerprint density at radius 2 is 1.97 bits per heavy atom. The van der Waals surface area contributed by atoms with E-state index < -0.39 is 0 Å². The molecule has 0 N–H and O–H groups in total. The van der Waals surface area contributed by atoms with Gasteiger partial charge in [-0.05, 0) is 37.0 Å². The number of methoxy groups -OCH3 is 1. The number of benzene rings is 1. The number of aromatic nitrogens is 2. The quantitative estimate of drug-likeness (QED) is 0.625. The molecule has 1 aliphatic heterocycles. The second-order valence-electron chi connectivity index (χ2n) is 8.15. The number of fused-ring (bicyclic) bond motifs is 2. The standard InChI is InChI=1S/C23H26N4O4/c1-30-19-7-3-5-17-14-20(31-22(17)19)23(29)26-11-8-25(9-12-26)10-13-27-21(28)15-16-4-2-6-18(16)24-27/h3,5,7,14-15H,2,4,6,8-13H2,1H3. The normalized spacial score (nSPS) is 16.6. The molecule has 0 unspecified atom stereocenters. The number of hydrogen-bond acceptors (Lipinski definition) is 6. The molecule has 2 aliphatic rings. The van der Waals surface area contributed by atoms with Gasteiger partial charge >= 0.3 is 0 Å². The Kier molecular flexibility index (Phi) is 5.23. The van der Waals surface area contributed by atoms with Crippen LogP contribution in [0.25, 0.3) is 11.0 Å². The molecular formula is C23H26N4O4. The van der Waals surface area contributed by atoms with Gasteiger partial charge in [0, 0.05) is 44.2 Å². The van der Waals surface area contributed by atoms with Crippen LogP contribution in [-0.2, 0) is 19.4 Å². The number of aryl methyl sites for hydroxylation is 2. The van der Waals surface area contributed by atoms with Gasteiger partial charge in [-0.15, -0.1) is 0 Å². The molecule has 31 heavy (non-hydrogen) atoms. The van der Waals surface area contributed by atoms with Gasteiger partial charge in [-0.1, -0.05) is 12.1 Å². The Bertz CT molecular complexity index is 1170. The molecule has 1 amide bonds. The number of para-hydroxylation sites is 1. The van der Waals surface area contributed by atoms with Crippen molar-refractivity contribution >= 4 is 16.9 Å². The highest BCUT2D eigenvalue weighted by molar-refractivity contribution is 5.97. The van der Waals surface area contributed by atoms with Crippen LogP contribution in [0.3, 0.4) is 0 Å². The molecule has 3 heterocycles. The topological polar surface area (TPSA) is 80.8 Å². The van der Waals surface area contributed by atoms with E-state index in [2.05, 4.69) is 10.00 Å². The van der Waals surface area contributed by atoms with Gasteiger partial charge < -0.3 is 14.1 Å². The third-order valence-corrected chi connectivity index (χ3v) is 6.25. The number of ether oxygens (including phenoxy) is 1. The van der Waals surface area contributed by atoms with Crippen molar-refractivity contribution in [1.82, 2.24) is 19.6 Å². The van der Waals surface area contributed by atoms with Crippen LogP contribution in [-0.4, -0.2) is 65.3 Å². The van der Waals surface area contributed by atoms with E-state index in [4.69, 9.17) is 9.15 Å². The summed E-state index contributed by atoms with van der Waals surface area (Å²) in [5.41, 5.74) is 2.75. The summed E-state index contributed by atoms with van der Waals surface area (Å²) in [7, 11) is 1.59. The fourth-order valence-electron chi connectivity index (χ4n) is 4.47. The molecule has 1 fully saturated rings. The predicted octanol–water partition coefficient (Wildman–Crippen LogP) is 1.94. The molecule has 1 aliphatic carbocycles. The molecule has 162 valence electrons. The van der Waals surface area contributed by atoms with Crippen molar-refractivity contribution in [2.75, 3.05) is 39.8 Å². The summed E-state index contributed by atoms with van der Waals surface area (Å²) in [5.74, 6) is 0.855. The smallest absolute Gasteiger partial charge is 0.289 e. The number of amides is 1. The van der Waals surface area contributed by atoms with E-state index in [0.29, 0.717) is 36.7 Å². The van der Waals surface area contributed by atoms with Crippen LogP contribution in [0.1, 0.15) is 28.2 Å². The Morgan fingerprint density at radius 3 is 2.77 bits per heavy atom. The number of rotatable bonds is 5. The lowest BCUT2D eigenvalue weighted by atomic mass is 10.2. The summed E-state index contributed by atoms with van der Waals surface area (Å²) in [6.45, 7) is 4.09. The Labute approximate surface area is 180 Å². The molecule has 8 heteroatoms. The van der Waals surface area contributed by atoms with Gasteiger partial charge in [-0.25, -0.2) is 4.68 Å². The van der Waals surface area contributed by atoms with Crippen molar-refractivity contribution in [2.24, 2.45) is 0 Å².